The van der Waals surface area contributed by atoms with Gasteiger partial charge in [-0.15, -0.1) is 0 Å². The number of fused-ring (bicyclic) bond motifs is 20. The minimum atomic E-state index is -0.816. The van der Waals surface area contributed by atoms with Gasteiger partial charge in [0.05, 0.1) is 10.8 Å². The van der Waals surface area contributed by atoms with Crippen LogP contribution in [0.15, 0.2) is 400 Å². The fourth-order valence-corrected chi connectivity index (χ4v) is 17.5. The molecule has 0 saturated heterocycles. The van der Waals surface area contributed by atoms with Gasteiger partial charge in [0.15, 0.2) is 0 Å². The van der Waals surface area contributed by atoms with Crippen molar-refractivity contribution >= 4 is 68.2 Å². The third kappa shape index (κ3) is 9.89. The minimum absolute atomic E-state index is 0.199. The summed E-state index contributed by atoms with van der Waals surface area (Å²) in [5.74, 6) is 0. The van der Waals surface area contributed by atoms with E-state index in [9.17, 15) is 0 Å². The average molecular weight is 1330 g/mol. The van der Waals surface area contributed by atoms with Crippen LogP contribution >= 0.6 is 0 Å². The largest absolute Gasteiger partial charge is 0.310 e. The van der Waals surface area contributed by atoms with Crippen LogP contribution in [-0.2, 0) is 10.8 Å². The van der Waals surface area contributed by atoms with E-state index in [0.29, 0.717) is 0 Å². The Hall–Kier alpha value is -13.3. The number of benzene rings is 16. The Labute approximate surface area is 609 Å². The van der Waals surface area contributed by atoms with Crippen molar-refractivity contribution in [2.75, 3.05) is 19.6 Å². The topological polar surface area (TPSA) is 13.0 Å². The maximum atomic E-state index is 2.50. The predicted molar refractivity (Wildman–Crippen MR) is 434 cm³/mol. The van der Waals surface area contributed by atoms with E-state index in [2.05, 4.69) is 434 Å². The molecule has 16 aromatic rings. The molecule has 0 unspecified atom stereocenters. The fraction of sp³-hybridized carbons (Fsp3) is 0.0400. The molecule has 20 rings (SSSR count). The summed E-state index contributed by atoms with van der Waals surface area (Å²) in [6.45, 7) is 4.41. The normalized spacial score (nSPS) is 12.9. The molecule has 4 heteroatoms. The summed E-state index contributed by atoms with van der Waals surface area (Å²) < 4.78 is 0. The van der Waals surface area contributed by atoms with Gasteiger partial charge in [0.25, 0.3) is 0 Å². The highest BCUT2D eigenvalue weighted by Crippen LogP contribution is 2.67. The van der Waals surface area contributed by atoms with E-state index >= 15 is 0 Å². The zero-order valence-electron chi connectivity index (χ0n) is 57.9. The molecule has 0 atom stereocenters. The molecular formula is C100H72N4. The maximum Gasteiger partial charge on any atom is 0.0728 e. The highest BCUT2D eigenvalue weighted by atomic mass is 15.2. The van der Waals surface area contributed by atoms with Crippen LogP contribution in [0.2, 0.25) is 0 Å². The summed E-state index contributed by atoms with van der Waals surface area (Å²) >= 11 is 0. The first-order valence-corrected chi connectivity index (χ1v) is 36.1. The van der Waals surface area contributed by atoms with E-state index in [-0.39, 0.29) is 5.41 Å². The molecule has 492 valence electrons. The zero-order valence-corrected chi connectivity index (χ0v) is 57.9. The lowest BCUT2D eigenvalue weighted by Gasteiger charge is -2.35. The first kappa shape index (κ1) is 61.8. The first-order valence-electron chi connectivity index (χ1n) is 36.1. The van der Waals surface area contributed by atoms with Gasteiger partial charge < -0.3 is 19.6 Å². The van der Waals surface area contributed by atoms with Crippen LogP contribution in [0.1, 0.15) is 55.6 Å². The zero-order chi connectivity index (χ0) is 69.3. The number of nitrogens with zero attached hydrogens (tertiary/aromatic N) is 4. The molecule has 0 heterocycles. The second kappa shape index (κ2) is 25.4. The number of anilines is 12. The third-order valence-electron chi connectivity index (χ3n) is 21.8. The van der Waals surface area contributed by atoms with Gasteiger partial charge in [-0.1, -0.05) is 266 Å². The molecule has 0 amide bonds. The van der Waals surface area contributed by atoms with Gasteiger partial charge in [-0.3, -0.25) is 0 Å². The standard InChI is InChI=1S/C73H52N4.C27H20/c1-9-25-53(26-10-1)74(54-27-11-2-12-28-54)61-41-45-65-66-46-42-62(75(55-29-13-3-14-30-55)56-31-15-4-16-32-56)50-70(66)73(69(65)49-61)71-51-63(76(57-33-17-5-18-34-57)58-35-19-6-20-36-58)43-47-67(71)68-48-44-64(52-72(68)73)77(59-37-21-7-22-38-59)60-39-23-8-24-40-60;1-17-11-13-21-22-14-12-18(2)16-26(22)27(25(21)15-17)23-9-5-3-7-19(23)20-8-4-6-10-24(20)27/h1-52H;3-16H,1-2H3. The number of hydrogen-bond acceptors (Lipinski definition) is 4. The van der Waals surface area contributed by atoms with E-state index in [0.717, 1.165) is 68.2 Å². The van der Waals surface area contributed by atoms with Crippen molar-refractivity contribution in [1.82, 2.24) is 0 Å². The number of rotatable bonds is 12. The molecule has 4 aliphatic rings. The summed E-state index contributed by atoms with van der Waals surface area (Å²) in [6.07, 6.45) is 0. The SMILES string of the molecule is Cc1ccc2c(c1)C1(c3ccccc3-c3ccccc31)c1cc(C)ccc1-2.c1ccc(N(c2ccccc2)c2ccc3c(c2)C2(c4cc(N(c5ccccc5)c5ccccc5)ccc4-3)c3cc(N(c4ccccc4)c4ccccc4)ccc3-c3ccc(N(c4ccccc4)c4ccccc4)cc32)cc1. The highest BCUT2D eigenvalue weighted by Gasteiger charge is 2.54. The fourth-order valence-electron chi connectivity index (χ4n) is 17.5. The summed E-state index contributed by atoms with van der Waals surface area (Å²) in [5, 5.41) is 0. The molecule has 0 radical (unpaired) electrons. The molecule has 0 N–H and O–H groups in total. The van der Waals surface area contributed by atoms with Crippen LogP contribution in [0.25, 0.3) is 44.5 Å². The first-order chi connectivity index (χ1) is 51.4. The summed E-state index contributed by atoms with van der Waals surface area (Å²) in [4.78, 5) is 9.60. The number of hydrogen-bond donors (Lipinski definition) is 0. The van der Waals surface area contributed by atoms with Gasteiger partial charge in [0.2, 0.25) is 0 Å². The summed E-state index contributed by atoms with van der Waals surface area (Å²) in [7, 11) is 0. The van der Waals surface area contributed by atoms with Gasteiger partial charge in [-0.05, 0) is 248 Å². The van der Waals surface area contributed by atoms with Crippen molar-refractivity contribution in [3.63, 3.8) is 0 Å². The smallest absolute Gasteiger partial charge is 0.0728 e. The van der Waals surface area contributed by atoms with Crippen molar-refractivity contribution in [2.45, 2.75) is 24.7 Å². The van der Waals surface area contributed by atoms with Crippen LogP contribution in [0.5, 0.6) is 0 Å². The Kier molecular flexibility index (Phi) is 15.1. The van der Waals surface area contributed by atoms with Gasteiger partial charge in [0.1, 0.15) is 0 Å². The van der Waals surface area contributed by atoms with Gasteiger partial charge in [0, 0.05) is 68.2 Å². The summed E-state index contributed by atoms with van der Waals surface area (Å²) in [6, 6.07) is 147. The lowest BCUT2D eigenvalue weighted by molar-refractivity contribution is 0.791. The molecule has 2 spiro atoms. The summed E-state index contributed by atoms with van der Waals surface area (Å²) in [5.41, 5.74) is 35.6. The highest BCUT2D eigenvalue weighted by molar-refractivity contribution is 6.01. The Morgan fingerprint density at radius 1 is 0.144 bits per heavy atom. The van der Waals surface area contributed by atoms with Crippen molar-refractivity contribution in [2.24, 2.45) is 0 Å². The molecule has 4 nitrogen and oxygen atoms in total. The Morgan fingerprint density at radius 2 is 0.317 bits per heavy atom. The molecule has 0 fully saturated rings. The minimum Gasteiger partial charge on any atom is -0.310 e. The van der Waals surface area contributed by atoms with Gasteiger partial charge >= 0.3 is 0 Å². The monoisotopic (exact) mass is 1330 g/mol. The molecular weight excluding hydrogens is 1260 g/mol. The molecule has 0 bridgehead atoms. The van der Waals surface area contributed by atoms with Crippen molar-refractivity contribution < 1.29 is 0 Å². The van der Waals surface area contributed by atoms with Crippen LogP contribution in [0.3, 0.4) is 0 Å². The Bertz CT molecular complexity index is 5090. The van der Waals surface area contributed by atoms with Gasteiger partial charge in [-0.25, -0.2) is 0 Å². The molecule has 0 aromatic heterocycles. The van der Waals surface area contributed by atoms with Gasteiger partial charge in [-0.2, -0.15) is 0 Å². The van der Waals surface area contributed by atoms with E-state index in [1.54, 1.807) is 0 Å². The second-order valence-electron chi connectivity index (χ2n) is 27.6. The third-order valence-corrected chi connectivity index (χ3v) is 21.8. The number of aryl methyl sites for hydroxylation is 2. The molecule has 0 aliphatic heterocycles. The van der Waals surface area contributed by atoms with Crippen LogP contribution in [0, 0.1) is 13.8 Å². The van der Waals surface area contributed by atoms with E-state index in [1.807, 2.05) is 0 Å². The molecule has 4 aliphatic carbocycles. The van der Waals surface area contributed by atoms with Crippen molar-refractivity contribution in [3.05, 3.63) is 456 Å². The predicted octanol–water partition coefficient (Wildman–Crippen LogP) is 26.6. The number of para-hydroxylation sites is 8. The molecule has 16 aromatic carbocycles. The lowest BCUT2D eigenvalue weighted by Crippen LogP contribution is -2.27. The maximum absolute atomic E-state index is 2.50. The second-order valence-corrected chi connectivity index (χ2v) is 27.6. The quantitative estimate of drug-likeness (QED) is 0.121. The van der Waals surface area contributed by atoms with Crippen LogP contribution < -0.4 is 19.6 Å². The van der Waals surface area contributed by atoms with Crippen molar-refractivity contribution in [3.8, 4) is 44.5 Å². The van der Waals surface area contributed by atoms with Crippen LogP contribution in [-0.4, -0.2) is 0 Å². The molecule has 0 saturated carbocycles. The van der Waals surface area contributed by atoms with E-state index < -0.39 is 5.41 Å². The molecule has 104 heavy (non-hydrogen) atoms. The van der Waals surface area contributed by atoms with E-state index in [1.165, 1.54) is 100 Å². The van der Waals surface area contributed by atoms with Crippen LogP contribution in [0.4, 0.5) is 68.2 Å². The lowest BCUT2D eigenvalue weighted by atomic mass is 9.70. The Balaban J connectivity index is 0.000000229. The average Bonchev–Trinajstić information content (AvgIpc) is 1.52. The van der Waals surface area contributed by atoms with Crippen molar-refractivity contribution in [1.29, 1.82) is 0 Å². The van der Waals surface area contributed by atoms with E-state index in [4.69, 9.17) is 0 Å². The Morgan fingerprint density at radius 3 is 0.548 bits per heavy atom.